The smallest absolute Gasteiger partial charge is 0.0366 e. The van der Waals surface area contributed by atoms with Crippen LogP contribution in [-0.2, 0) is 0 Å². The van der Waals surface area contributed by atoms with Gasteiger partial charge in [-0.2, -0.15) is 0 Å². The lowest BCUT2D eigenvalue weighted by Gasteiger charge is -2.24. The van der Waals surface area contributed by atoms with Crippen molar-refractivity contribution in [3.05, 3.63) is 30.3 Å². The van der Waals surface area contributed by atoms with Crippen LogP contribution in [-0.4, -0.2) is 19.1 Å². The molecular formula is C14H24N2. The van der Waals surface area contributed by atoms with Gasteiger partial charge >= 0.3 is 0 Å². The fourth-order valence-corrected chi connectivity index (χ4v) is 1.95. The van der Waals surface area contributed by atoms with E-state index in [1.807, 2.05) is 0 Å². The van der Waals surface area contributed by atoms with Gasteiger partial charge < -0.3 is 10.6 Å². The van der Waals surface area contributed by atoms with Gasteiger partial charge in [0.2, 0.25) is 0 Å². The predicted octanol–water partition coefficient (Wildman–Crippen LogP) is 3.03. The standard InChI is InChI=1S/C14H24N2/c1-3-8-13(15)11-12-16(4-2)14-9-6-5-7-10-14/h5-7,9-10,13H,3-4,8,11-12,15H2,1-2H3. The highest BCUT2D eigenvalue weighted by atomic mass is 15.1. The summed E-state index contributed by atoms with van der Waals surface area (Å²) in [7, 11) is 0. The fraction of sp³-hybridized carbons (Fsp3) is 0.571. The molecule has 0 aliphatic carbocycles. The lowest BCUT2D eigenvalue weighted by Crippen LogP contribution is -2.30. The molecule has 2 heteroatoms. The molecule has 0 saturated carbocycles. The molecule has 0 aromatic heterocycles. The molecule has 2 nitrogen and oxygen atoms in total. The topological polar surface area (TPSA) is 29.3 Å². The van der Waals surface area contributed by atoms with E-state index in [0.717, 1.165) is 25.9 Å². The molecule has 90 valence electrons. The number of para-hydroxylation sites is 1. The van der Waals surface area contributed by atoms with Crippen molar-refractivity contribution in [3.63, 3.8) is 0 Å². The van der Waals surface area contributed by atoms with Crippen molar-refractivity contribution in [3.8, 4) is 0 Å². The summed E-state index contributed by atoms with van der Waals surface area (Å²) < 4.78 is 0. The minimum atomic E-state index is 0.350. The van der Waals surface area contributed by atoms with E-state index in [0.29, 0.717) is 6.04 Å². The number of hydrogen-bond acceptors (Lipinski definition) is 2. The Morgan fingerprint density at radius 3 is 2.38 bits per heavy atom. The quantitative estimate of drug-likeness (QED) is 0.765. The van der Waals surface area contributed by atoms with Crippen LogP contribution in [0.4, 0.5) is 5.69 Å². The van der Waals surface area contributed by atoms with Crippen LogP contribution in [0.5, 0.6) is 0 Å². The van der Waals surface area contributed by atoms with Crippen LogP contribution in [0.3, 0.4) is 0 Å². The summed E-state index contributed by atoms with van der Waals surface area (Å²) in [6.45, 7) is 6.48. The minimum absolute atomic E-state index is 0.350. The van der Waals surface area contributed by atoms with E-state index >= 15 is 0 Å². The molecule has 0 amide bonds. The Bertz CT molecular complexity index is 271. The van der Waals surface area contributed by atoms with E-state index in [2.05, 4.69) is 49.1 Å². The zero-order valence-corrected chi connectivity index (χ0v) is 10.5. The van der Waals surface area contributed by atoms with Crippen molar-refractivity contribution in [1.82, 2.24) is 0 Å². The molecule has 0 aliphatic heterocycles. The monoisotopic (exact) mass is 220 g/mol. The zero-order chi connectivity index (χ0) is 11.8. The molecular weight excluding hydrogens is 196 g/mol. The van der Waals surface area contributed by atoms with Gasteiger partial charge in [-0.1, -0.05) is 31.5 Å². The second kappa shape index (κ2) is 7.29. The maximum absolute atomic E-state index is 6.04. The number of benzene rings is 1. The lowest BCUT2D eigenvalue weighted by atomic mass is 10.1. The van der Waals surface area contributed by atoms with Gasteiger partial charge in [-0.3, -0.25) is 0 Å². The number of anilines is 1. The summed E-state index contributed by atoms with van der Waals surface area (Å²) >= 11 is 0. The number of hydrogen-bond donors (Lipinski definition) is 1. The van der Waals surface area contributed by atoms with Crippen LogP contribution < -0.4 is 10.6 Å². The predicted molar refractivity (Wildman–Crippen MR) is 71.8 cm³/mol. The minimum Gasteiger partial charge on any atom is -0.372 e. The molecule has 1 aromatic carbocycles. The highest BCUT2D eigenvalue weighted by Crippen LogP contribution is 2.13. The third kappa shape index (κ3) is 4.23. The largest absolute Gasteiger partial charge is 0.372 e. The molecule has 0 bridgehead atoms. The van der Waals surface area contributed by atoms with Gasteiger partial charge in [0.05, 0.1) is 0 Å². The van der Waals surface area contributed by atoms with Crippen LogP contribution in [0.25, 0.3) is 0 Å². The van der Waals surface area contributed by atoms with Crippen LogP contribution in [0.1, 0.15) is 33.1 Å². The summed E-state index contributed by atoms with van der Waals surface area (Å²) in [6, 6.07) is 10.9. The van der Waals surface area contributed by atoms with E-state index in [1.54, 1.807) is 0 Å². The van der Waals surface area contributed by atoms with Crippen molar-refractivity contribution in [1.29, 1.82) is 0 Å². The third-order valence-corrected chi connectivity index (χ3v) is 2.93. The number of rotatable bonds is 7. The SMILES string of the molecule is CCCC(N)CCN(CC)c1ccccc1. The van der Waals surface area contributed by atoms with Gasteiger partial charge in [0.15, 0.2) is 0 Å². The normalized spacial score (nSPS) is 12.4. The summed E-state index contributed by atoms with van der Waals surface area (Å²) in [6.07, 6.45) is 3.39. The maximum atomic E-state index is 6.04. The lowest BCUT2D eigenvalue weighted by molar-refractivity contribution is 0.555. The van der Waals surface area contributed by atoms with E-state index in [-0.39, 0.29) is 0 Å². The molecule has 0 fully saturated rings. The van der Waals surface area contributed by atoms with Crippen LogP contribution in [0, 0.1) is 0 Å². The average molecular weight is 220 g/mol. The Balaban J connectivity index is 2.44. The average Bonchev–Trinajstić information content (AvgIpc) is 2.31. The Morgan fingerprint density at radius 1 is 1.12 bits per heavy atom. The maximum Gasteiger partial charge on any atom is 0.0366 e. The third-order valence-electron chi connectivity index (χ3n) is 2.93. The molecule has 0 aliphatic rings. The van der Waals surface area contributed by atoms with Crippen molar-refractivity contribution in [2.24, 2.45) is 5.73 Å². The molecule has 0 radical (unpaired) electrons. The summed E-state index contributed by atoms with van der Waals surface area (Å²) in [5.41, 5.74) is 7.34. The van der Waals surface area contributed by atoms with Crippen molar-refractivity contribution in [2.45, 2.75) is 39.2 Å². The molecule has 1 rings (SSSR count). The number of nitrogens with zero attached hydrogens (tertiary/aromatic N) is 1. The summed E-state index contributed by atoms with van der Waals surface area (Å²) in [4.78, 5) is 2.38. The first-order valence-electron chi connectivity index (χ1n) is 6.33. The van der Waals surface area contributed by atoms with Gasteiger partial charge in [0.1, 0.15) is 0 Å². The Hall–Kier alpha value is -1.02. The zero-order valence-electron chi connectivity index (χ0n) is 10.5. The molecule has 1 aromatic rings. The first-order valence-corrected chi connectivity index (χ1v) is 6.33. The molecule has 2 N–H and O–H groups in total. The molecule has 0 heterocycles. The van der Waals surface area contributed by atoms with Crippen molar-refractivity contribution < 1.29 is 0 Å². The van der Waals surface area contributed by atoms with Gasteiger partial charge in [0.25, 0.3) is 0 Å². The molecule has 1 unspecified atom stereocenters. The molecule has 0 spiro atoms. The Morgan fingerprint density at radius 2 is 1.81 bits per heavy atom. The van der Waals surface area contributed by atoms with Gasteiger partial charge in [-0.05, 0) is 31.9 Å². The summed E-state index contributed by atoms with van der Waals surface area (Å²) in [5, 5.41) is 0. The molecule has 16 heavy (non-hydrogen) atoms. The van der Waals surface area contributed by atoms with Gasteiger partial charge in [-0.25, -0.2) is 0 Å². The highest BCUT2D eigenvalue weighted by Gasteiger charge is 2.06. The Kier molecular flexibility index (Phi) is 5.94. The number of nitrogens with two attached hydrogens (primary N) is 1. The Labute approximate surface area is 99.5 Å². The second-order valence-electron chi connectivity index (χ2n) is 4.25. The van der Waals surface area contributed by atoms with Gasteiger partial charge in [-0.15, -0.1) is 0 Å². The van der Waals surface area contributed by atoms with E-state index in [9.17, 15) is 0 Å². The van der Waals surface area contributed by atoms with Gasteiger partial charge in [0, 0.05) is 24.8 Å². The van der Waals surface area contributed by atoms with E-state index < -0.39 is 0 Å². The van der Waals surface area contributed by atoms with Crippen LogP contribution in [0.15, 0.2) is 30.3 Å². The molecule has 1 atom stereocenters. The summed E-state index contributed by atoms with van der Waals surface area (Å²) in [5.74, 6) is 0. The molecule has 0 saturated heterocycles. The first-order chi connectivity index (χ1) is 7.77. The van der Waals surface area contributed by atoms with E-state index in [1.165, 1.54) is 12.1 Å². The van der Waals surface area contributed by atoms with E-state index in [4.69, 9.17) is 5.73 Å². The van der Waals surface area contributed by atoms with Crippen LogP contribution in [0.2, 0.25) is 0 Å². The van der Waals surface area contributed by atoms with Crippen LogP contribution >= 0.6 is 0 Å². The highest BCUT2D eigenvalue weighted by molar-refractivity contribution is 5.45. The van der Waals surface area contributed by atoms with Crippen molar-refractivity contribution >= 4 is 5.69 Å². The fourth-order valence-electron chi connectivity index (χ4n) is 1.95. The second-order valence-corrected chi connectivity index (χ2v) is 4.25. The first kappa shape index (κ1) is 13.0. The van der Waals surface area contributed by atoms with Crippen molar-refractivity contribution in [2.75, 3.05) is 18.0 Å².